The van der Waals surface area contributed by atoms with E-state index in [1.807, 2.05) is 18.2 Å². The average molecular weight is 408 g/mol. The van der Waals surface area contributed by atoms with Crippen molar-refractivity contribution in [2.45, 2.75) is 69.7 Å². The van der Waals surface area contributed by atoms with Gasteiger partial charge in [-0.05, 0) is 60.9 Å². The number of amides is 1. The maximum Gasteiger partial charge on any atom is 0.225 e. The van der Waals surface area contributed by atoms with Crippen molar-refractivity contribution >= 4 is 23.4 Å². The lowest BCUT2D eigenvalue weighted by Gasteiger charge is -2.15. The van der Waals surface area contributed by atoms with Crippen molar-refractivity contribution in [3.63, 3.8) is 0 Å². The number of carbonyl (C=O) groups excluding carboxylic acids is 1. The Bertz CT molecular complexity index is 884. The van der Waals surface area contributed by atoms with Gasteiger partial charge in [0.15, 0.2) is 0 Å². The summed E-state index contributed by atoms with van der Waals surface area (Å²) in [6.45, 7) is 4.30. The van der Waals surface area contributed by atoms with Gasteiger partial charge in [-0.3, -0.25) is 4.79 Å². The summed E-state index contributed by atoms with van der Waals surface area (Å²) in [7, 11) is 0. The van der Waals surface area contributed by atoms with E-state index in [9.17, 15) is 10.1 Å². The van der Waals surface area contributed by atoms with Gasteiger partial charge in [0.2, 0.25) is 5.91 Å². The molecule has 1 N–H and O–H groups in total. The summed E-state index contributed by atoms with van der Waals surface area (Å²) in [6.07, 6.45) is 7.23. The van der Waals surface area contributed by atoms with E-state index in [-0.39, 0.29) is 5.91 Å². The molecule has 0 saturated heterocycles. The molecule has 1 aliphatic rings. The number of hydrogen-bond acceptors (Lipinski definition) is 4. The van der Waals surface area contributed by atoms with Crippen LogP contribution in [-0.2, 0) is 17.6 Å². The van der Waals surface area contributed by atoms with Gasteiger partial charge in [0.1, 0.15) is 11.1 Å². The SMILES string of the molecule is CC(C)c1ccc(NC(=O)CCSc2nc3c(cc2C#N)CCCCCC3)cc1. The van der Waals surface area contributed by atoms with E-state index in [4.69, 9.17) is 4.98 Å². The van der Waals surface area contributed by atoms with Crippen molar-refractivity contribution in [2.75, 3.05) is 11.1 Å². The largest absolute Gasteiger partial charge is 0.326 e. The molecule has 152 valence electrons. The van der Waals surface area contributed by atoms with E-state index in [1.165, 1.54) is 42.2 Å². The molecule has 5 heteroatoms. The molecular formula is C24H29N3OS. The van der Waals surface area contributed by atoms with Crippen molar-refractivity contribution in [1.29, 1.82) is 5.26 Å². The predicted molar refractivity (Wildman–Crippen MR) is 119 cm³/mol. The summed E-state index contributed by atoms with van der Waals surface area (Å²) in [5.74, 6) is 1.07. The van der Waals surface area contributed by atoms with Gasteiger partial charge in [-0.15, -0.1) is 11.8 Å². The lowest BCUT2D eigenvalue weighted by Crippen LogP contribution is -2.12. The van der Waals surface area contributed by atoms with E-state index in [1.54, 1.807) is 0 Å². The Morgan fingerprint density at radius 1 is 1.17 bits per heavy atom. The van der Waals surface area contributed by atoms with Gasteiger partial charge in [0.25, 0.3) is 0 Å². The smallest absolute Gasteiger partial charge is 0.225 e. The number of nitrogens with zero attached hydrogens (tertiary/aromatic N) is 2. The second-order valence-electron chi connectivity index (χ2n) is 7.90. The highest BCUT2D eigenvalue weighted by atomic mass is 32.2. The first-order valence-corrected chi connectivity index (χ1v) is 11.5. The van der Waals surface area contributed by atoms with Crippen LogP contribution in [-0.4, -0.2) is 16.6 Å². The number of hydrogen-bond donors (Lipinski definition) is 1. The first-order chi connectivity index (χ1) is 14.1. The van der Waals surface area contributed by atoms with Crippen molar-refractivity contribution in [1.82, 2.24) is 4.98 Å². The number of nitrogens with one attached hydrogen (secondary N) is 1. The fraction of sp³-hybridized carbons (Fsp3) is 0.458. The molecule has 0 saturated carbocycles. The molecule has 29 heavy (non-hydrogen) atoms. The molecule has 1 aliphatic carbocycles. The van der Waals surface area contributed by atoms with Crippen LogP contribution in [0.1, 0.15) is 74.3 Å². The molecule has 2 aromatic rings. The van der Waals surface area contributed by atoms with E-state index < -0.39 is 0 Å². The number of carbonyl (C=O) groups is 1. The third-order valence-corrected chi connectivity index (χ3v) is 6.31. The number of pyridine rings is 1. The summed E-state index contributed by atoms with van der Waals surface area (Å²) in [6, 6.07) is 12.3. The monoisotopic (exact) mass is 407 g/mol. The lowest BCUT2D eigenvalue weighted by atomic mass is 9.96. The maximum absolute atomic E-state index is 12.3. The molecule has 1 aromatic carbocycles. The highest BCUT2D eigenvalue weighted by Gasteiger charge is 2.14. The number of thioether (sulfide) groups is 1. The van der Waals surface area contributed by atoms with Crippen molar-refractivity contribution in [2.24, 2.45) is 0 Å². The summed E-state index contributed by atoms with van der Waals surface area (Å²) >= 11 is 1.51. The van der Waals surface area contributed by atoms with E-state index in [0.29, 0.717) is 23.7 Å². The minimum Gasteiger partial charge on any atom is -0.326 e. The number of nitriles is 1. The zero-order chi connectivity index (χ0) is 20.6. The highest BCUT2D eigenvalue weighted by molar-refractivity contribution is 7.99. The lowest BCUT2D eigenvalue weighted by molar-refractivity contribution is -0.115. The Morgan fingerprint density at radius 3 is 2.59 bits per heavy atom. The second kappa shape index (κ2) is 10.5. The molecule has 0 bridgehead atoms. The standard InChI is InChI=1S/C24H29N3OS/c1-17(2)18-9-11-21(12-10-18)26-23(28)13-14-29-24-20(16-25)15-19-7-5-3-4-6-8-22(19)27-24/h9-12,15,17H,3-8,13-14H2,1-2H3,(H,26,28). The van der Waals surface area contributed by atoms with Crippen LogP contribution < -0.4 is 5.32 Å². The van der Waals surface area contributed by atoms with Crippen LogP contribution in [0.4, 0.5) is 5.69 Å². The molecular weight excluding hydrogens is 378 g/mol. The van der Waals surface area contributed by atoms with E-state index in [2.05, 4.69) is 37.4 Å². The first kappa shape index (κ1) is 21.4. The summed E-state index contributed by atoms with van der Waals surface area (Å²) in [4.78, 5) is 17.1. The fourth-order valence-corrected chi connectivity index (χ4v) is 4.49. The second-order valence-corrected chi connectivity index (χ2v) is 8.98. The quantitative estimate of drug-likeness (QED) is 0.609. The summed E-state index contributed by atoms with van der Waals surface area (Å²) in [5.41, 5.74) is 5.09. The van der Waals surface area contributed by atoms with Crippen LogP contribution in [0.25, 0.3) is 0 Å². The van der Waals surface area contributed by atoms with Crippen LogP contribution in [0.5, 0.6) is 0 Å². The number of aryl methyl sites for hydroxylation is 2. The maximum atomic E-state index is 12.3. The van der Waals surface area contributed by atoms with Gasteiger partial charge in [0.05, 0.1) is 5.56 Å². The average Bonchev–Trinajstić information content (AvgIpc) is 2.69. The molecule has 0 fully saturated rings. The Labute approximate surface area is 178 Å². The summed E-state index contributed by atoms with van der Waals surface area (Å²) < 4.78 is 0. The van der Waals surface area contributed by atoms with E-state index >= 15 is 0 Å². The van der Waals surface area contributed by atoms with E-state index in [0.717, 1.165) is 35.7 Å². The predicted octanol–water partition coefficient (Wildman–Crippen LogP) is 5.86. The molecule has 1 aromatic heterocycles. The fourth-order valence-electron chi connectivity index (χ4n) is 3.57. The Hall–Kier alpha value is -2.32. The van der Waals surface area contributed by atoms with Gasteiger partial charge in [0, 0.05) is 23.6 Å². The van der Waals surface area contributed by atoms with Gasteiger partial charge in [-0.25, -0.2) is 4.98 Å². The van der Waals surface area contributed by atoms with Gasteiger partial charge >= 0.3 is 0 Å². The molecule has 0 aliphatic heterocycles. The number of aromatic nitrogens is 1. The third kappa shape index (κ3) is 6.08. The minimum atomic E-state index is -0.0143. The van der Waals surface area contributed by atoms with Crippen LogP contribution in [0.2, 0.25) is 0 Å². The third-order valence-electron chi connectivity index (χ3n) is 5.32. The molecule has 1 heterocycles. The molecule has 0 unspecified atom stereocenters. The first-order valence-electron chi connectivity index (χ1n) is 10.5. The topological polar surface area (TPSA) is 65.8 Å². The van der Waals surface area contributed by atoms with Crippen LogP contribution in [0.3, 0.4) is 0 Å². The van der Waals surface area contributed by atoms with Gasteiger partial charge in [-0.1, -0.05) is 38.8 Å². The normalized spacial score (nSPS) is 13.9. The molecule has 0 atom stereocenters. The van der Waals surface area contributed by atoms with Crippen LogP contribution in [0, 0.1) is 11.3 Å². The van der Waals surface area contributed by atoms with Crippen molar-refractivity contribution in [3.8, 4) is 6.07 Å². The summed E-state index contributed by atoms with van der Waals surface area (Å²) in [5, 5.41) is 13.2. The Balaban J connectivity index is 1.57. The Morgan fingerprint density at radius 2 is 1.90 bits per heavy atom. The highest BCUT2D eigenvalue weighted by Crippen LogP contribution is 2.27. The van der Waals surface area contributed by atoms with Gasteiger partial charge in [-0.2, -0.15) is 5.26 Å². The number of benzene rings is 1. The van der Waals surface area contributed by atoms with Crippen LogP contribution >= 0.6 is 11.8 Å². The minimum absolute atomic E-state index is 0.0143. The molecule has 0 spiro atoms. The number of fused-ring (bicyclic) bond motifs is 1. The molecule has 4 nitrogen and oxygen atoms in total. The van der Waals surface area contributed by atoms with Crippen LogP contribution in [0.15, 0.2) is 35.4 Å². The molecule has 1 amide bonds. The zero-order valence-electron chi connectivity index (χ0n) is 17.3. The van der Waals surface area contributed by atoms with Crippen molar-refractivity contribution in [3.05, 3.63) is 52.7 Å². The van der Waals surface area contributed by atoms with Gasteiger partial charge < -0.3 is 5.32 Å². The number of anilines is 1. The number of rotatable bonds is 6. The molecule has 3 rings (SSSR count). The molecule has 0 radical (unpaired) electrons. The Kier molecular flexibility index (Phi) is 7.71. The van der Waals surface area contributed by atoms with Crippen molar-refractivity contribution < 1.29 is 4.79 Å². The zero-order valence-corrected chi connectivity index (χ0v) is 18.1.